The Labute approximate surface area is 135 Å². The Balaban J connectivity index is 1.78. The number of ether oxygens (including phenoxy) is 2. The van der Waals surface area contributed by atoms with Gasteiger partial charge in [-0.05, 0) is 37.1 Å². The zero-order valence-corrected chi connectivity index (χ0v) is 13.2. The molecule has 4 N–H and O–H groups in total. The van der Waals surface area contributed by atoms with E-state index in [1.807, 2.05) is 0 Å². The van der Waals surface area contributed by atoms with Crippen molar-refractivity contribution in [2.24, 2.45) is 5.73 Å². The largest absolute Gasteiger partial charge is 0.493 e. The smallest absolute Gasteiger partial charge is 0.253 e. The summed E-state index contributed by atoms with van der Waals surface area (Å²) in [5.41, 5.74) is 6.21. The van der Waals surface area contributed by atoms with Crippen LogP contribution in [0.25, 0.3) is 0 Å². The summed E-state index contributed by atoms with van der Waals surface area (Å²) in [7, 11) is 1.59. The minimum atomic E-state index is -0.438. The monoisotopic (exact) mass is 321 g/mol. The van der Waals surface area contributed by atoms with Gasteiger partial charge in [-0.3, -0.25) is 9.59 Å². The molecule has 1 heterocycles. The molecule has 1 aromatic rings. The van der Waals surface area contributed by atoms with E-state index in [0.29, 0.717) is 37.4 Å². The highest BCUT2D eigenvalue weighted by Crippen LogP contribution is 2.21. The molecule has 2 atom stereocenters. The predicted octanol–water partition coefficient (Wildman–Crippen LogP) is 0.646. The molecule has 2 rings (SSSR count). The van der Waals surface area contributed by atoms with Crippen molar-refractivity contribution in [3.05, 3.63) is 24.3 Å². The van der Waals surface area contributed by atoms with Crippen LogP contribution >= 0.6 is 0 Å². The van der Waals surface area contributed by atoms with Crippen molar-refractivity contribution in [3.63, 3.8) is 0 Å². The number of hydrogen-bond donors (Lipinski definition) is 3. The Morgan fingerprint density at radius 2 is 2.04 bits per heavy atom. The lowest BCUT2D eigenvalue weighted by Gasteiger charge is -2.13. The van der Waals surface area contributed by atoms with Crippen molar-refractivity contribution in [1.82, 2.24) is 5.32 Å². The van der Waals surface area contributed by atoms with Crippen LogP contribution in [-0.4, -0.2) is 44.2 Å². The highest BCUT2D eigenvalue weighted by molar-refractivity contribution is 5.94. The molecule has 1 aliphatic heterocycles. The lowest BCUT2D eigenvalue weighted by molar-refractivity contribution is -0.126. The SMILES string of the molecule is CNC(=O)CCOc1ccc(NC(=O)[C@@H]2CC[C@H](CN)O2)cc1. The summed E-state index contributed by atoms with van der Waals surface area (Å²) < 4.78 is 11.0. The Morgan fingerprint density at radius 3 is 2.65 bits per heavy atom. The topological polar surface area (TPSA) is 103 Å². The number of anilines is 1. The third-order valence-electron chi connectivity index (χ3n) is 3.66. The molecule has 1 aromatic carbocycles. The van der Waals surface area contributed by atoms with Gasteiger partial charge < -0.3 is 25.8 Å². The molecule has 0 aliphatic carbocycles. The van der Waals surface area contributed by atoms with Gasteiger partial charge in [0.2, 0.25) is 5.91 Å². The first-order valence-corrected chi connectivity index (χ1v) is 7.72. The van der Waals surface area contributed by atoms with Gasteiger partial charge in [0.1, 0.15) is 11.9 Å². The number of benzene rings is 1. The number of nitrogens with two attached hydrogens (primary N) is 1. The first-order valence-electron chi connectivity index (χ1n) is 7.72. The Hall–Kier alpha value is -2.12. The minimum absolute atomic E-state index is 0.0261. The summed E-state index contributed by atoms with van der Waals surface area (Å²) >= 11 is 0. The fraction of sp³-hybridized carbons (Fsp3) is 0.500. The quantitative estimate of drug-likeness (QED) is 0.684. The fourth-order valence-corrected chi connectivity index (χ4v) is 2.32. The number of rotatable bonds is 7. The van der Waals surface area contributed by atoms with Gasteiger partial charge in [0.25, 0.3) is 5.91 Å². The molecule has 126 valence electrons. The van der Waals surface area contributed by atoms with E-state index < -0.39 is 6.10 Å². The summed E-state index contributed by atoms with van der Waals surface area (Å²) in [6, 6.07) is 7.00. The van der Waals surface area contributed by atoms with E-state index >= 15 is 0 Å². The molecular weight excluding hydrogens is 298 g/mol. The number of amides is 2. The molecule has 2 amide bonds. The number of carbonyl (C=O) groups is 2. The second kappa shape index (κ2) is 8.50. The second-order valence-electron chi connectivity index (χ2n) is 5.35. The van der Waals surface area contributed by atoms with Crippen molar-refractivity contribution in [2.45, 2.75) is 31.5 Å². The van der Waals surface area contributed by atoms with Gasteiger partial charge in [0.05, 0.1) is 19.1 Å². The molecule has 23 heavy (non-hydrogen) atoms. The maximum absolute atomic E-state index is 12.1. The van der Waals surface area contributed by atoms with Gasteiger partial charge >= 0.3 is 0 Å². The van der Waals surface area contributed by atoms with Crippen LogP contribution < -0.4 is 21.1 Å². The van der Waals surface area contributed by atoms with E-state index in [1.165, 1.54) is 0 Å². The third kappa shape index (κ3) is 5.22. The molecular formula is C16H23N3O4. The number of carbonyl (C=O) groups excluding carboxylic acids is 2. The van der Waals surface area contributed by atoms with Crippen molar-refractivity contribution in [1.29, 1.82) is 0 Å². The Kier molecular flexibility index (Phi) is 6.37. The van der Waals surface area contributed by atoms with Crippen molar-refractivity contribution in [2.75, 3.05) is 25.5 Å². The van der Waals surface area contributed by atoms with Crippen molar-refractivity contribution < 1.29 is 19.1 Å². The van der Waals surface area contributed by atoms with E-state index in [4.69, 9.17) is 15.2 Å². The highest BCUT2D eigenvalue weighted by atomic mass is 16.5. The number of hydrogen-bond acceptors (Lipinski definition) is 5. The molecule has 7 heteroatoms. The van der Waals surface area contributed by atoms with Gasteiger partial charge in [0.15, 0.2) is 0 Å². The summed E-state index contributed by atoms with van der Waals surface area (Å²) in [6.07, 6.45) is 1.34. The summed E-state index contributed by atoms with van der Waals surface area (Å²) in [6.45, 7) is 0.744. The highest BCUT2D eigenvalue weighted by Gasteiger charge is 2.29. The van der Waals surface area contributed by atoms with E-state index in [0.717, 1.165) is 6.42 Å². The molecule has 0 bridgehead atoms. The summed E-state index contributed by atoms with van der Waals surface area (Å²) in [5, 5.41) is 5.34. The van der Waals surface area contributed by atoms with Crippen LogP contribution in [0.3, 0.4) is 0 Å². The first kappa shape index (κ1) is 17.2. The van der Waals surface area contributed by atoms with E-state index in [-0.39, 0.29) is 17.9 Å². The molecule has 0 spiro atoms. The second-order valence-corrected chi connectivity index (χ2v) is 5.35. The molecule has 0 aromatic heterocycles. The normalized spacial score (nSPS) is 20.1. The lowest BCUT2D eigenvalue weighted by Crippen LogP contribution is -2.29. The maximum Gasteiger partial charge on any atom is 0.253 e. The van der Waals surface area contributed by atoms with Crippen molar-refractivity contribution in [3.8, 4) is 5.75 Å². The molecule has 1 fully saturated rings. The van der Waals surface area contributed by atoms with Gasteiger partial charge in [0, 0.05) is 19.3 Å². The molecule has 7 nitrogen and oxygen atoms in total. The van der Waals surface area contributed by atoms with E-state index in [1.54, 1.807) is 31.3 Å². The van der Waals surface area contributed by atoms with Gasteiger partial charge in [-0.25, -0.2) is 0 Å². The average molecular weight is 321 g/mol. The fourth-order valence-electron chi connectivity index (χ4n) is 2.32. The van der Waals surface area contributed by atoms with Gasteiger partial charge in [-0.15, -0.1) is 0 Å². The zero-order valence-electron chi connectivity index (χ0n) is 13.2. The minimum Gasteiger partial charge on any atom is -0.493 e. The van der Waals surface area contributed by atoms with Crippen molar-refractivity contribution >= 4 is 17.5 Å². The van der Waals surface area contributed by atoms with Crippen LogP contribution in [0, 0.1) is 0 Å². The Bertz CT molecular complexity index is 533. The molecule has 0 unspecified atom stereocenters. The average Bonchev–Trinajstić information content (AvgIpc) is 3.05. The molecule has 1 saturated heterocycles. The molecule has 0 radical (unpaired) electrons. The lowest BCUT2D eigenvalue weighted by atomic mass is 10.2. The first-order chi connectivity index (χ1) is 11.1. The van der Waals surface area contributed by atoms with E-state index in [2.05, 4.69) is 10.6 Å². The number of nitrogens with one attached hydrogen (secondary N) is 2. The maximum atomic E-state index is 12.1. The van der Waals surface area contributed by atoms with Crippen LogP contribution in [-0.2, 0) is 14.3 Å². The third-order valence-corrected chi connectivity index (χ3v) is 3.66. The van der Waals surface area contributed by atoms with Crippen LogP contribution in [0.5, 0.6) is 5.75 Å². The van der Waals surface area contributed by atoms with Gasteiger partial charge in [-0.2, -0.15) is 0 Å². The molecule has 1 aliphatic rings. The van der Waals surface area contributed by atoms with Gasteiger partial charge in [-0.1, -0.05) is 0 Å². The standard InChI is InChI=1S/C16H23N3O4/c1-18-15(20)8-9-22-12-4-2-11(3-5-12)19-16(21)14-7-6-13(10-17)23-14/h2-5,13-14H,6-10,17H2,1H3,(H,18,20)(H,19,21)/t13-,14+/m1/s1. The Morgan fingerprint density at radius 1 is 1.30 bits per heavy atom. The molecule has 0 saturated carbocycles. The van der Waals surface area contributed by atoms with E-state index in [9.17, 15) is 9.59 Å². The van der Waals surface area contributed by atoms with Crippen LogP contribution in [0.4, 0.5) is 5.69 Å². The van der Waals surface area contributed by atoms with Crippen LogP contribution in [0.2, 0.25) is 0 Å². The van der Waals surface area contributed by atoms with Crippen LogP contribution in [0.1, 0.15) is 19.3 Å². The van der Waals surface area contributed by atoms with Crippen LogP contribution in [0.15, 0.2) is 24.3 Å². The summed E-state index contributed by atoms with van der Waals surface area (Å²) in [4.78, 5) is 23.2. The predicted molar refractivity (Wildman–Crippen MR) is 86.2 cm³/mol. The zero-order chi connectivity index (χ0) is 16.7. The summed E-state index contributed by atoms with van der Waals surface area (Å²) in [5.74, 6) is 0.419.